The summed E-state index contributed by atoms with van der Waals surface area (Å²) in [4.78, 5) is 0. The van der Waals surface area contributed by atoms with Gasteiger partial charge in [-0.15, -0.1) is 0 Å². The molecule has 0 aliphatic rings. The highest BCUT2D eigenvalue weighted by molar-refractivity contribution is 4.97. The standard InChI is InChI=1S/C6H13N.CH4/c1-5(2)6(3)7-4;/h6-7H,1H2,2-4H3;1H4. The van der Waals surface area contributed by atoms with Crippen molar-refractivity contribution in [2.24, 2.45) is 0 Å². The van der Waals surface area contributed by atoms with E-state index in [1.807, 2.05) is 14.0 Å². The summed E-state index contributed by atoms with van der Waals surface area (Å²) in [6, 6.07) is 0.458. The van der Waals surface area contributed by atoms with Crippen LogP contribution in [0.4, 0.5) is 0 Å². The Labute approximate surface area is 52.8 Å². The van der Waals surface area contributed by atoms with Gasteiger partial charge in [-0.3, -0.25) is 0 Å². The Morgan fingerprint density at radius 3 is 2.00 bits per heavy atom. The minimum atomic E-state index is 0. The van der Waals surface area contributed by atoms with Crippen LogP contribution in [-0.2, 0) is 0 Å². The summed E-state index contributed by atoms with van der Waals surface area (Å²) in [6.07, 6.45) is 0. The predicted octanol–water partition coefficient (Wildman–Crippen LogP) is 1.81. The van der Waals surface area contributed by atoms with Gasteiger partial charge in [-0.25, -0.2) is 0 Å². The van der Waals surface area contributed by atoms with Crippen molar-refractivity contribution in [3.8, 4) is 0 Å². The first kappa shape index (κ1) is 10.6. The SMILES string of the molecule is C.C=C(C)C(C)NC. The van der Waals surface area contributed by atoms with Crippen molar-refractivity contribution in [2.45, 2.75) is 27.3 Å². The fraction of sp³-hybridized carbons (Fsp3) is 0.714. The van der Waals surface area contributed by atoms with Gasteiger partial charge in [0.15, 0.2) is 0 Å². The lowest BCUT2D eigenvalue weighted by Gasteiger charge is -2.06. The zero-order chi connectivity index (χ0) is 5.86. The number of hydrogen-bond donors (Lipinski definition) is 1. The van der Waals surface area contributed by atoms with Crippen molar-refractivity contribution >= 4 is 0 Å². The molecule has 0 aromatic heterocycles. The third-order valence-electron chi connectivity index (χ3n) is 1.17. The highest BCUT2D eigenvalue weighted by atomic mass is 14.8. The van der Waals surface area contributed by atoms with Gasteiger partial charge in [-0.2, -0.15) is 0 Å². The van der Waals surface area contributed by atoms with E-state index in [4.69, 9.17) is 0 Å². The topological polar surface area (TPSA) is 12.0 Å². The first-order valence-electron chi connectivity index (χ1n) is 2.51. The maximum atomic E-state index is 3.76. The van der Waals surface area contributed by atoms with Gasteiger partial charge in [0.25, 0.3) is 0 Å². The lowest BCUT2D eigenvalue weighted by molar-refractivity contribution is 0.694. The quantitative estimate of drug-likeness (QED) is 0.541. The highest BCUT2D eigenvalue weighted by Crippen LogP contribution is 1.92. The summed E-state index contributed by atoms with van der Waals surface area (Å²) in [5.74, 6) is 0. The van der Waals surface area contributed by atoms with Crippen LogP contribution in [0, 0.1) is 0 Å². The lowest BCUT2D eigenvalue weighted by Crippen LogP contribution is -2.21. The molecular formula is C7H17N. The van der Waals surface area contributed by atoms with E-state index in [1.165, 1.54) is 5.57 Å². The molecule has 0 aromatic rings. The molecule has 0 aliphatic carbocycles. The molecule has 50 valence electrons. The number of hydrogen-bond acceptors (Lipinski definition) is 1. The first-order valence-corrected chi connectivity index (χ1v) is 2.51. The van der Waals surface area contributed by atoms with Crippen molar-refractivity contribution in [2.75, 3.05) is 7.05 Å². The van der Waals surface area contributed by atoms with Crippen molar-refractivity contribution in [3.63, 3.8) is 0 Å². The van der Waals surface area contributed by atoms with E-state index in [0.29, 0.717) is 6.04 Å². The summed E-state index contributed by atoms with van der Waals surface area (Å²) in [5, 5.41) is 3.06. The Balaban J connectivity index is 0. The fourth-order valence-electron chi connectivity index (χ4n) is 0.246. The molecule has 0 aliphatic heterocycles. The van der Waals surface area contributed by atoms with E-state index < -0.39 is 0 Å². The molecule has 0 saturated carbocycles. The largest absolute Gasteiger partial charge is 0.314 e. The molecule has 1 nitrogen and oxygen atoms in total. The van der Waals surface area contributed by atoms with Crippen molar-refractivity contribution in [1.29, 1.82) is 0 Å². The summed E-state index contributed by atoms with van der Waals surface area (Å²) >= 11 is 0. The smallest absolute Gasteiger partial charge is 0.0242 e. The molecule has 0 bridgehead atoms. The Hall–Kier alpha value is -0.300. The third-order valence-corrected chi connectivity index (χ3v) is 1.17. The van der Waals surface area contributed by atoms with Crippen LogP contribution in [0.2, 0.25) is 0 Å². The number of rotatable bonds is 2. The first-order chi connectivity index (χ1) is 3.18. The van der Waals surface area contributed by atoms with Crippen LogP contribution >= 0.6 is 0 Å². The van der Waals surface area contributed by atoms with E-state index in [-0.39, 0.29) is 7.43 Å². The van der Waals surface area contributed by atoms with Gasteiger partial charge in [0.2, 0.25) is 0 Å². The second kappa shape index (κ2) is 4.85. The van der Waals surface area contributed by atoms with Crippen molar-refractivity contribution < 1.29 is 0 Å². The van der Waals surface area contributed by atoms with Crippen LogP contribution in [0.25, 0.3) is 0 Å². The molecule has 0 radical (unpaired) electrons. The van der Waals surface area contributed by atoms with Crippen LogP contribution in [0.3, 0.4) is 0 Å². The molecule has 0 fully saturated rings. The molecule has 8 heavy (non-hydrogen) atoms. The molecule has 0 spiro atoms. The molecule has 1 atom stereocenters. The zero-order valence-corrected chi connectivity index (χ0v) is 5.28. The molecule has 0 amide bonds. The summed E-state index contributed by atoms with van der Waals surface area (Å²) in [7, 11) is 1.93. The maximum absolute atomic E-state index is 3.76. The monoisotopic (exact) mass is 115 g/mol. The highest BCUT2D eigenvalue weighted by Gasteiger charge is 1.93. The van der Waals surface area contributed by atoms with E-state index in [9.17, 15) is 0 Å². The third kappa shape index (κ3) is 3.88. The second-order valence-electron chi connectivity index (χ2n) is 1.86. The van der Waals surface area contributed by atoms with Crippen LogP contribution in [-0.4, -0.2) is 13.1 Å². The average Bonchev–Trinajstić information content (AvgIpc) is 1.65. The van der Waals surface area contributed by atoms with Gasteiger partial charge in [0, 0.05) is 6.04 Å². The van der Waals surface area contributed by atoms with E-state index in [0.717, 1.165) is 0 Å². The van der Waals surface area contributed by atoms with Crippen molar-refractivity contribution in [3.05, 3.63) is 12.2 Å². The molecule has 0 saturated heterocycles. The molecule has 1 heteroatoms. The Kier molecular flexibility index (Phi) is 6.45. The van der Waals surface area contributed by atoms with Gasteiger partial charge in [0.1, 0.15) is 0 Å². The van der Waals surface area contributed by atoms with Gasteiger partial charge in [-0.1, -0.05) is 19.6 Å². The summed E-state index contributed by atoms with van der Waals surface area (Å²) < 4.78 is 0. The predicted molar refractivity (Wildman–Crippen MR) is 40.1 cm³/mol. The fourth-order valence-corrected chi connectivity index (χ4v) is 0.246. The van der Waals surface area contributed by atoms with Gasteiger partial charge >= 0.3 is 0 Å². The molecule has 0 rings (SSSR count). The number of nitrogens with one attached hydrogen (secondary N) is 1. The van der Waals surface area contributed by atoms with E-state index in [1.54, 1.807) is 0 Å². The minimum absolute atomic E-state index is 0. The Bertz CT molecular complexity index is 66.8. The average molecular weight is 115 g/mol. The Morgan fingerprint density at radius 2 is 2.00 bits per heavy atom. The van der Waals surface area contributed by atoms with Crippen LogP contribution in [0.15, 0.2) is 12.2 Å². The van der Waals surface area contributed by atoms with Gasteiger partial charge in [0.05, 0.1) is 0 Å². The van der Waals surface area contributed by atoms with Crippen LogP contribution < -0.4 is 5.32 Å². The molecular weight excluding hydrogens is 98.1 g/mol. The van der Waals surface area contributed by atoms with Gasteiger partial charge < -0.3 is 5.32 Å². The second-order valence-corrected chi connectivity index (χ2v) is 1.86. The molecule has 0 heterocycles. The normalized spacial score (nSPS) is 11.9. The number of likely N-dealkylation sites (N-methyl/N-ethyl adjacent to an activating group) is 1. The van der Waals surface area contributed by atoms with Crippen LogP contribution in [0.1, 0.15) is 21.3 Å². The lowest BCUT2D eigenvalue weighted by atomic mass is 10.2. The van der Waals surface area contributed by atoms with Gasteiger partial charge in [-0.05, 0) is 20.9 Å². The molecule has 0 aromatic carbocycles. The Morgan fingerprint density at radius 1 is 1.62 bits per heavy atom. The van der Waals surface area contributed by atoms with Crippen LogP contribution in [0.5, 0.6) is 0 Å². The maximum Gasteiger partial charge on any atom is 0.0242 e. The van der Waals surface area contributed by atoms with Crippen molar-refractivity contribution in [1.82, 2.24) is 5.32 Å². The summed E-state index contributed by atoms with van der Waals surface area (Å²) in [5.41, 5.74) is 1.18. The summed E-state index contributed by atoms with van der Waals surface area (Å²) in [6.45, 7) is 7.86. The van der Waals surface area contributed by atoms with E-state index >= 15 is 0 Å². The minimum Gasteiger partial charge on any atom is -0.314 e. The molecule has 1 N–H and O–H groups in total. The molecule has 1 unspecified atom stereocenters. The van der Waals surface area contributed by atoms with E-state index in [2.05, 4.69) is 18.8 Å². The zero-order valence-electron chi connectivity index (χ0n) is 5.28.